The predicted molar refractivity (Wildman–Crippen MR) is 193 cm³/mol. The fourth-order valence-corrected chi connectivity index (χ4v) is 5.76. The molecule has 5 nitrogen and oxygen atoms in total. The monoisotopic (exact) mass is 696 g/mol. The molecule has 274 valence electrons. The van der Waals surface area contributed by atoms with Gasteiger partial charge in [0.1, 0.15) is 11.3 Å². The van der Waals surface area contributed by atoms with E-state index in [1.807, 2.05) is 24.3 Å². The standard InChI is InChI=1S/C42H55F3O5/c1-3-5-7-9-11-13-14-16-17-19-29-48-35-27-25-33(26-28-35)32-21-23-34(24-22-32)41(46)50-37-31-36(38(43)40(45)39(37)44)42(47)49-30-20-18-15-12-10-8-6-4-2/h21-28,31H,3-20,29-30H2,1-2H3. The Kier molecular flexibility index (Phi) is 19.1. The smallest absolute Gasteiger partial charge is 0.343 e. The Balaban J connectivity index is 1.45. The van der Waals surface area contributed by atoms with E-state index in [0.717, 1.165) is 55.4 Å². The van der Waals surface area contributed by atoms with Gasteiger partial charge in [-0.15, -0.1) is 0 Å². The molecule has 0 aliphatic heterocycles. The van der Waals surface area contributed by atoms with E-state index in [1.165, 1.54) is 82.8 Å². The van der Waals surface area contributed by atoms with Crippen LogP contribution in [0.3, 0.4) is 0 Å². The number of ether oxygens (including phenoxy) is 3. The maximum atomic E-state index is 14.6. The molecule has 50 heavy (non-hydrogen) atoms. The number of carbonyl (C=O) groups is 2. The molecule has 0 bridgehead atoms. The maximum absolute atomic E-state index is 14.6. The van der Waals surface area contributed by atoms with Gasteiger partial charge in [0, 0.05) is 6.07 Å². The number of hydrogen-bond donors (Lipinski definition) is 0. The van der Waals surface area contributed by atoms with Crippen molar-refractivity contribution in [2.45, 2.75) is 129 Å². The second-order valence-corrected chi connectivity index (χ2v) is 13.0. The third kappa shape index (κ3) is 14.2. The van der Waals surface area contributed by atoms with Crippen LogP contribution in [0.15, 0.2) is 54.6 Å². The van der Waals surface area contributed by atoms with Crippen LogP contribution >= 0.6 is 0 Å². The molecule has 0 aliphatic rings. The zero-order valence-corrected chi connectivity index (χ0v) is 30.0. The highest BCUT2D eigenvalue weighted by molar-refractivity contribution is 5.93. The summed E-state index contributed by atoms with van der Waals surface area (Å²) in [4.78, 5) is 25.3. The second kappa shape index (κ2) is 23.6. The van der Waals surface area contributed by atoms with Crippen LogP contribution in [0, 0.1) is 17.5 Å². The summed E-state index contributed by atoms with van der Waals surface area (Å²) in [5.41, 5.74) is 0.951. The van der Waals surface area contributed by atoms with Crippen LogP contribution in [-0.4, -0.2) is 25.2 Å². The maximum Gasteiger partial charge on any atom is 0.343 e. The average molecular weight is 697 g/mol. The van der Waals surface area contributed by atoms with Gasteiger partial charge in [-0.1, -0.05) is 141 Å². The molecule has 0 N–H and O–H groups in total. The SMILES string of the molecule is CCCCCCCCCCCCOc1ccc(-c2ccc(C(=O)Oc3cc(C(=O)OCCCCCCCCCC)c(F)c(F)c3F)cc2)cc1. The van der Waals surface area contributed by atoms with Gasteiger partial charge in [-0.05, 0) is 48.2 Å². The van der Waals surface area contributed by atoms with E-state index in [-0.39, 0.29) is 12.2 Å². The molecule has 0 unspecified atom stereocenters. The molecule has 3 aromatic carbocycles. The lowest BCUT2D eigenvalue weighted by atomic mass is 10.0. The van der Waals surface area contributed by atoms with Crippen molar-refractivity contribution in [1.82, 2.24) is 0 Å². The van der Waals surface area contributed by atoms with Crippen molar-refractivity contribution in [1.29, 1.82) is 0 Å². The van der Waals surface area contributed by atoms with Gasteiger partial charge in [-0.3, -0.25) is 0 Å². The van der Waals surface area contributed by atoms with E-state index in [9.17, 15) is 22.8 Å². The molecule has 0 fully saturated rings. The van der Waals surface area contributed by atoms with Gasteiger partial charge in [0.15, 0.2) is 17.4 Å². The molecule has 0 aromatic heterocycles. The Labute approximate surface area is 296 Å². The summed E-state index contributed by atoms with van der Waals surface area (Å²) in [7, 11) is 0. The van der Waals surface area contributed by atoms with Crippen molar-refractivity contribution in [2.24, 2.45) is 0 Å². The van der Waals surface area contributed by atoms with Crippen LogP contribution < -0.4 is 9.47 Å². The topological polar surface area (TPSA) is 61.8 Å². The number of hydrogen-bond acceptors (Lipinski definition) is 5. The normalized spacial score (nSPS) is 11.1. The molecule has 8 heteroatoms. The number of halogens is 3. The van der Waals surface area contributed by atoms with Gasteiger partial charge in [0.25, 0.3) is 0 Å². The fourth-order valence-electron chi connectivity index (χ4n) is 5.76. The molecule has 0 aliphatic carbocycles. The summed E-state index contributed by atoms with van der Waals surface area (Å²) >= 11 is 0. The van der Waals surface area contributed by atoms with Crippen LogP contribution in [0.4, 0.5) is 13.2 Å². The largest absolute Gasteiger partial charge is 0.494 e. The number of rotatable bonds is 25. The lowest BCUT2D eigenvalue weighted by molar-refractivity contribution is 0.0488. The van der Waals surface area contributed by atoms with Crippen molar-refractivity contribution in [2.75, 3.05) is 13.2 Å². The molecule has 0 atom stereocenters. The first-order valence-electron chi connectivity index (χ1n) is 18.8. The van der Waals surface area contributed by atoms with Crippen LogP contribution in [0.25, 0.3) is 11.1 Å². The Morgan fingerprint density at radius 2 is 0.980 bits per heavy atom. The Hall–Kier alpha value is -3.81. The first-order chi connectivity index (χ1) is 24.3. The quantitative estimate of drug-likeness (QED) is 0.0382. The molecule has 3 aromatic rings. The van der Waals surface area contributed by atoms with E-state index in [2.05, 4.69) is 13.8 Å². The van der Waals surface area contributed by atoms with Gasteiger partial charge < -0.3 is 14.2 Å². The zero-order valence-electron chi connectivity index (χ0n) is 30.0. The Bertz CT molecular complexity index is 1420. The molecule has 0 heterocycles. The summed E-state index contributed by atoms with van der Waals surface area (Å²) in [5.74, 6) is -7.57. The highest BCUT2D eigenvalue weighted by Gasteiger charge is 2.26. The van der Waals surface area contributed by atoms with Crippen LogP contribution in [-0.2, 0) is 4.74 Å². The Morgan fingerprint density at radius 3 is 1.50 bits per heavy atom. The summed E-state index contributed by atoms with van der Waals surface area (Å²) in [6, 6.07) is 14.7. The lowest BCUT2D eigenvalue weighted by Crippen LogP contribution is -2.15. The highest BCUT2D eigenvalue weighted by atomic mass is 19.2. The Morgan fingerprint density at radius 1 is 0.520 bits per heavy atom. The lowest BCUT2D eigenvalue weighted by Gasteiger charge is -2.11. The van der Waals surface area contributed by atoms with Crippen LogP contribution in [0.5, 0.6) is 11.5 Å². The minimum absolute atomic E-state index is 0.0167. The van der Waals surface area contributed by atoms with Gasteiger partial charge in [-0.2, -0.15) is 4.39 Å². The molecule has 3 rings (SSSR count). The van der Waals surface area contributed by atoms with Crippen molar-refractivity contribution >= 4 is 11.9 Å². The summed E-state index contributed by atoms with van der Waals surface area (Å²) in [6.07, 6.45) is 20.9. The van der Waals surface area contributed by atoms with Gasteiger partial charge in [-0.25, -0.2) is 18.4 Å². The minimum atomic E-state index is -1.92. The minimum Gasteiger partial charge on any atom is -0.494 e. The fraction of sp³-hybridized carbons (Fsp3) is 0.524. The van der Waals surface area contributed by atoms with E-state index >= 15 is 0 Å². The zero-order chi connectivity index (χ0) is 36.0. The van der Waals surface area contributed by atoms with Crippen LogP contribution in [0.1, 0.15) is 150 Å². The highest BCUT2D eigenvalue weighted by Crippen LogP contribution is 2.28. The van der Waals surface area contributed by atoms with Crippen LogP contribution in [0.2, 0.25) is 0 Å². The molecular formula is C42H55F3O5. The average Bonchev–Trinajstić information content (AvgIpc) is 3.13. The third-order valence-corrected chi connectivity index (χ3v) is 8.84. The molecule has 0 saturated heterocycles. The van der Waals surface area contributed by atoms with Gasteiger partial charge in [0.2, 0.25) is 5.82 Å². The third-order valence-electron chi connectivity index (χ3n) is 8.84. The van der Waals surface area contributed by atoms with Crippen molar-refractivity contribution < 1.29 is 37.0 Å². The van der Waals surface area contributed by atoms with E-state index < -0.39 is 40.7 Å². The number of benzene rings is 3. The predicted octanol–water partition coefficient (Wildman–Crippen LogP) is 12.6. The van der Waals surface area contributed by atoms with Crippen molar-refractivity contribution in [3.05, 3.63) is 83.2 Å². The van der Waals surface area contributed by atoms with Gasteiger partial charge >= 0.3 is 11.9 Å². The number of esters is 2. The first kappa shape index (κ1) is 40.6. The molecule has 0 spiro atoms. The molecule has 0 saturated carbocycles. The number of unbranched alkanes of at least 4 members (excludes halogenated alkanes) is 16. The van der Waals surface area contributed by atoms with Crippen molar-refractivity contribution in [3.8, 4) is 22.6 Å². The van der Waals surface area contributed by atoms with E-state index in [1.54, 1.807) is 12.1 Å². The summed E-state index contributed by atoms with van der Waals surface area (Å²) < 4.78 is 59.5. The second-order valence-electron chi connectivity index (χ2n) is 13.0. The van der Waals surface area contributed by atoms with Gasteiger partial charge in [0.05, 0.1) is 18.8 Å². The number of carbonyl (C=O) groups excluding carboxylic acids is 2. The molecular weight excluding hydrogens is 641 g/mol. The summed E-state index contributed by atoms with van der Waals surface area (Å²) in [6.45, 7) is 5.09. The van der Waals surface area contributed by atoms with Crippen molar-refractivity contribution in [3.63, 3.8) is 0 Å². The molecule has 0 radical (unpaired) electrons. The first-order valence-corrected chi connectivity index (χ1v) is 18.8. The molecule has 0 amide bonds. The summed E-state index contributed by atoms with van der Waals surface area (Å²) in [5, 5.41) is 0. The van der Waals surface area contributed by atoms with E-state index in [0.29, 0.717) is 19.1 Å². The van der Waals surface area contributed by atoms with E-state index in [4.69, 9.17) is 14.2 Å².